The van der Waals surface area contributed by atoms with Crippen molar-refractivity contribution in [2.24, 2.45) is 0 Å². The summed E-state index contributed by atoms with van der Waals surface area (Å²) in [6.45, 7) is 0. The van der Waals surface area contributed by atoms with E-state index < -0.39 is 0 Å². The van der Waals surface area contributed by atoms with E-state index in [2.05, 4.69) is 38.5 Å². The van der Waals surface area contributed by atoms with Crippen LogP contribution in [0.15, 0.2) is 48.5 Å². The number of para-hydroxylation sites is 1. The van der Waals surface area contributed by atoms with E-state index in [-0.39, 0.29) is 16.9 Å². The number of halogens is 1. The summed E-state index contributed by atoms with van der Waals surface area (Å²) in [6, 6.07) is 14.1. The Morgan fingerprint density at radius 3 is 2.22 bits per heavy atom. The van der Waals surface area contributed by atoms with Gasteiger partial charge in [0.05, 0.1) is 16.8 Å². The SMILES string of the molecule is CNC(=O)c1ccccc1NC(=S)NC(=O)c1ccccc1I. The molecule has 0 aliphatic carbocycles. The van der Waals surface area contributed by atoms with Gasteiger partial charge in [0.1, 0.15) is 0 Å². The van der Waals surface area contributed by atoms with Gasteiger partial charge < -0.3 is 10.6 Å². The van der Waals surface area contributed by atoms with Crippen LogP contribution < -0.4 is 16.0 Å². The van der Waals surface area contributed by atoms with Crippen molar-refractivity contribution in [3.8, 4) is 0 Å². The van der Waals surface area contributed by atoms with Crippen LogP contribution in [0, 0.1) is 3.57 Å². The predicted molar refractivity (Wildman–Crippen MR) is 103 cm³/mol. The van der Waals surface area contributed by atoms with E-state index in [0.717, 1.165) is 3.57 Å². The Morgan fingerprint density at radius 2 is 1.57 bits per heavy atom. The van der Waals surface area contributed by atoms with Crippen LogP contribution >= 0.6 is 34.8 Å². The molecule has 5 nitrogen and oxygen atoms in total. The van der Waals surface area contributed by atoms with Crippen LogP contribution in [-0.4, -0.2) is 24.0 Å². The van der Waals surface area contributed by atoms with E-state index in [4.69, 9.17) is 12.2 Å². The quantitative estimate of drug-likeness (QED) is 0.508. The third kappa shape index (κ3) is 4.49. The van der Waals surface area contributed by atoms with E-state index >= 15 is 0 Å². The van der Waals surface area contributed by atoms with Gasteiger partial charge in [-0.05, 0) is 59.1 Å². The number of benzene rings is 2. The monoisotopic (exact) mass is 439 g/mol. The first-order chi connectivity index (χ1) is 11.0. The number of thiocarbonyl (C=S) groups is 1. The molecule has 0 heterocycles. The molecule has 0 aliphatic heterocycles. The van der Waals surface area contributed by atoms with Gasteiger partial charge in [0, 0.05) is 10.6 Å². The molecule has 0 saturated heterocycles. The minimum Gasteiger partial charge on any atom is -0.355 e. The molecule has 0 saturated carbocycles. The Morgan fingerprint density at radius 1 is 0.957 bits per heavy atom. The lowest BCUT2D eigenvalue weighted by molar-refractivity contribution is 0.0960. The summed E-state index contributed by atoms with van der Waals surface area (Å²) in [6.07, 6.45) is 0. The van der Waals surface area contributed by atoms with E-state index in [1.807, 2.05) is 12.1 Å². The molecule has 23 heavy (non-hydrogen) atoms. The summed E-state index contributed by atoms with van der Waals surface area (Å²) in [7, 11) is 1.55. The van der Waals surface area contributed by atoms with Gasteiger partial charge in [-0.1, -0.05) is 24.3 Å². The van der Waals surface area contributed by atoms with Gasteiger partial charge in [-0.3, -0.25) is 14.9 Å². The van der Waals surface area contributed by atoms with Crippen molar-refractivity contribution in [3.63, 3.8) is 0 Å². The number of anilines is 1. The fourth-order valence-electron chi connectivity index (χ4n) is 1.89. The normalized spacial score (nSPS) is 9.83. The van der Waals surface area contributed by atoms with Crippen molar-refractivity contribution in [1.82, 2.24) is 10.6 Å². The zero-order valence-corrected chi connectivity index (χ0v) is 15.2. The largest absolute Gasteiger partial charge is 0.355 e. The minimum absolute atomic E-state index is 0.131. The Kier molecular flexibility index (Phi) is 6.05. The maximum atomic E-state index is 12.2. The number of nitrogens with one attached hydrogen (secondary N) is 3. The molecule has 0 aliphatic rings. The molecular formula is C16H14IN3O2S. The molecule has 2 aromatic rings. The highest BCUT2D eigenvalue weighted by molar-refractivity contribution is 14.1. The van der Waals surface area contributed by atoms with Gasteiger partial charge in [0.25, 0.3) is 11.8 Å². The molecule has 2 rings (SSSR count). The molecule has 3 N–H and O–H groups in total. The van der Waals surface area contributed by atoms with Gasteiger partial charge >= 0.3 is 0 Å². The summed E-state index contributed by atoms with van der Waals surface area (Å²) in [5.41, 5.74) is 1.51. The number of hydrogen-bond acceptors (Lipinski definition) is 3. The zero-order valence-electron chi connectivity index (χ0n) is 12.2. The molecule has 0 bridgehead atoms. The van der Waals surface area contributed by atoms with Crippen LogP contribution in [-0.2, 0) is 0 Å². The molecule has 118 valence electrons. The summed E-state index contributed by atoms with van der Waals surface area (Å²) >= 11 is 7.25. The van der Waals surface area contributed by atoms with Crippen LogP contribution in [0.1, 0.15) is 20.7 Å². The summed E-state index contributed by atoms with van der Waals surface area (Å²) in [5, 5.41) is 8.19. The van der Waals surface area contributed by atoms with Gasteiger partial charge in [0.15, 0.2) is 5.11 Å². The van der Waals surface area contributed by atoms with Crippen molar-refractivity contribution in [3.05, 3.63) is 63.2 Å². The van der Waals surface area contributed by atoms with E-state index in [1.165, 1.54) is 0 Å². The second-order valence-electron chi connectivity index (χ2n) is 4.51. The van der Waals surface area contributed by atoms with Gasteiger partial charge in [-0.25, -0.2) is 0 Å². The number of hydrogen-bond donors (Lipinski definition) is 3. The van der Waals surface area contributed by atoms with Crippen LogP contribution in [0.25, 0.3) is 0 Å². The van der Waals surface area contributed by atoms with Crippen LogP contribution in [0.3, 0.4) is 0 Å². The first-order valence-corrected chi connectivity index (χ1v) is 8.19. The first-order valence-electron chi connectivity index (χ1n) is 6.71. The summed E-state index contributed by atoms with van der Waals surface area (Å²) < 4.78 is 0.830. The fourth-order valence-corrected chi connectivity index (χ4v) is 2.73. The lowest BCUT2D eigenvalue weighted by Gasteiger charge is -2.13. The zero-order chi connectivity index (χ0) is 16.8. The average Bonchev–Trinajstić information content (AvgIpc) is 2.54. The van der Waals surface area contributed by atoms with Crippen LogP contribution in [0.5, 0.6) is 0 Å². The smallest absolute Gasteiger partial charge is 0.258 e. The standard InChI is InChI=1S/C16H14IN3O2S/c1-18-14(21)11-7-3-5-9-13(11)19-16(23)20-15(22)10-6-2-4-8-12(10)17/h2-9H,1H3,(H,18,21)(H2,19,20,22,23). The second kappa shape index (κ2) is 8.02. The first kappa shape index (κ1) is 17.4. The van der Waals surface area contributed by atoms with E-state index in [9.17, 15) is 9.59 Å². The van der Waals surface area contributed by atoms with E-state index in [0.29, 0.717) is 16.8 Å². The van der Waals surface area contributed by atoms with Crippen molar-refractivity contribution in [2.75, 3.05) is 12.4 Å². The molecule has 0 aromatic heterocycles. The molecule has 0 radical (unpaired) electrons. The second-order valence-corrected chi connectivity index (χ2v) is 6.08. The molecule has 2 amide bonds. The molecule has 7 heteroatoms. The highest BCUT2D eigenvalue weighted by Crippen LogP contribution is 2.15. The molecular weight excluding hydrogens is 425 g/mol. The molecule has 0 unspecified atom stereocenters. The Hall–Kier alpha value is -2.00. The highest BCUT2D eigenvalue weighted by atomic mass is 127. The average molecular weight is 439 g/mol. The molecule has 2 aromatic carbocycles. The number of carbonyl (C=O) groups excluding carboxylic acids is 2. The van der Waals surface area contributed by atoms with E-state index in [1.54, 1.807) is 43.4 Å². The topological polar surface area (TPSA) is 70.2 Å². The third-order valence-electron chi connectivity index (χ3n) is 2.99. The number of rotatable bonds is 3. The lowest BCUT2D eigenvalue weighted by atomic mass is 10.1. The summed E-state index contributed by atoms with van der Waals surface area (Å²) in [4.78, 5) is 24.0. The van der Waals surface area contributed by atoms with Gasteiger partial charge in [-0.15, -0.1) is 0 Å². The van der Waals surface area contributed by atoms with Crippen molar-refractivity contribution in [2.45, 2.75) is 0 Å². The minimum atomic E-state index is -0.301. The number of carbonyl (C=O) groups is 2. The highest BCUT2D eigenvalue weighted by Gasteiger charge is 2.13. The van der Waals surface area contributed by atoms with Crippen molar-refractivity contribution < 1.29 is 9.59 Å². The van der Waals surface area contributed by atoms with Gasteiger partial charge in [0.2, 0.25) is 0 Å². The Labute approximate surface area is 153 Å². The van der Waals surface area contributed by atoms with Crippen molar-refractivity contribution in [1.29, 1.82) is 0 Å². The predicted octanol–water partition coefficient (Wildman–Crippen LogP) is 2.78. The maximum Gasteiger partial charge on any atom is 0.258 e. The molecule has 0 fully saturated rings. The fraction of sp³-hybridized carbons (Fsp3) is 0.0625. The Bertz CT molecular complexity index is 764. The van der Waals surface area contributed by atoms with Gasteiger partial charge in [-0.2, -0.15) is 0 Å². The third-order valence-corrected chi connectivity index (χ3v) is 4.14. The van der Waals surface area contributed by atoms with Crippen LogP contribution in [0.4, 0.5) is 5.69 Å². The number of amides is 2. The molecule has 0 spiro atoms. The van der Waals surface area contributed by atoms with Crippen molar-refractivity contribution >= 4 is 57.4 Å². The Balaban J connectivity index is 2.10. The lowest BCUT2D eigenvalue weighted by Crippen LogP contribution is -2.35. The van der Waals surface area contributed by atoms with Crippen LogP contribution in [0.2, 0.25) is 0 Å². The molecule has 0 atom stereocenters. The maximum absolute atomic E-state index is 12.2. The summed E-state index contributed by atoms with van der Waals surface area (Å²) in [5.74, 6) is -0.537.